The molecule has 0 saturated carbocycles. The summed E-state index contributed by atoms with van der Waals surface area (Å²) >= 11 is 0. The highest BCUT2D eigenvalue weighted by molar-refractivity contribution is 6.00. The number of nitro groups is 1. The van der Waals surface area contributed by atoms with E-state index in [0.29, 0.717) is 55.3 Å². The van der Waals surface area contributed by atoms with Crippen LogP contribution in [0.5, 0.6) is 0 Å². The number of non-ortho nitro benzene ring substituents is 1. The number of benzene rings is 4. The van der Waals surface area contributed by atoms with Gasteiger partial charge in [0.25, 0.3) is 5.91 Å². The van der Waals surface area contributed by atoms with Gasteiger partial charge >= 0.3 is 5.69 Å². The summed E-state index contributed by atoms with van der Waals surface area (Å²) in [5.74, 6) is -4.96. The van der Waals surface area contributed by atoms with E-state index in [1.165, 1.54) is 28.9 Å². The van der Waals surface area contributed by atoms with Crippen LogP contribution in [0.4, 0.5) is 11.4 Å². The van der Waals surface area contributed by atoms with Gasteiger partial charge in [-0.05, 0) is 91.2 Å². The van der Waals surface area contributed by atoms with Crippen molar-refractivity contribution < 1.29 is 47.9 Å². The second-order valence-electron chi connectivity index (χ2n) is 20.0. The lowest BCUT2D eigenvalue weighted by Gasteiger charge is -2.33. The molecule has 4 heterocycles. The summed E-state index contributed by atoms with van der Waals surface area (Å²) in [6.07, 6.45) is 5.09. The average molecular weight is 1100 g/mol. The van der Waals surface area contributed by atoms with Gasteiger partial charge in [-0.2, -0.15) is 0 Å². The smallest absolute Gasteiger partial charge is 0.300 e. The van der Waals surface area contributed by atoms with E-state index in [2.05, 4.69) is 47.2 Å². The van der Waals surface area contributed by atoms with Gasteiger partial charge < -0.3 is 52.4 Å². The number of aromatic nitrogens is 3. The van der Waals surface area contributed by atoms with Gasteiger partial charge in [0.2, 0.25) is 46.9 Å². The third kappa shape index (κ3) is 13.7. The molecule has 8 amide bonds. The number of nitrogens with one attached hydrogen (secondary N) is 7. The number of anilines is 1. The first-order chi connectivity index (χ1) is 38.6. The first-order valence-corrected chi connectivity index (χ1v) is 26.8. The Labute approximate surface area is 459 Å². The molecule has 0 bridgehead atoms. The molecule has 2 fully saturated rings. The molecule has 7 atom stereocenters. The second-order valence-corrected chi connectivity index (χ2v) is 20.0. The van der Waals surface area contributed by atoms with Crippen LogP contribution < -0.4 is 37.6 Å². The number of amides is 8. The quantitative estimate of drug-likeness (QED) is 0.0301. The van der Waals surface area contributed by atoms with Crippen molar-refractivity contribution >= 4 is 80.6 Å². The number of fused-ring (bicyclic) bond motifs is 2. The molecule has 0 aliphatic carbocycles. The van der Waals surface area contributed by atoms with Gasteiger partial charge in [-0.25, -0.2) is 4.63 Å². The van der Waals surface area contributed by atoms with Gasteiger partial charge in [0, 0.05) is 61.2 Å². The van der Waals surface area contributed by atoms with E-state index in [9.17, 15) is 48.5 Å². The molecule has 0 radical (unpaired) electrons. The minimum atomic E-state index is -1.34. The number of primary amides is 1. The zero-order chi connectivity index (χ0) is 56.9. The fourth-order valence-electron chi connectivity index (χ4n) is 10.3. The molecule has 24 heteroatoms. The fourth-order valence-corrected chi connectivity index (χ4v) is 10.3. The van der Waals surface area contributed by atoms with Gasteiger partial charge in [0.05, 0.1) is 10.6 Å². The van der Waals surface area contributed by atoms with E-state index in [1.807, 2.05) is 37.3 Å². The molecule has 4 aromatic carbocycles. The van der Waals surface area contributed by atoms with E-state index < -0.39 is 94.5 Å². The number of rotatable bonds is 25. The molecule has 2 aromatic heterocycles. The van der Waals surface area contributed by atoms with Crippen LogP contribution in [0, 0.1) is 10.1 Å². The van der Waals surface area contributed by atoms with Crippen molar-refractivity contribution in [2.45, 2.75) is 120 Å². The Bertz CT molecular complexity index is 3220. The number of carbonyl (C=O) groups is 8. The molecule has 8 rings (SSSR count). The predicted molar refractivity (Wildman–Crippen MR) is 293 cm³/mol. The zero-order valence-corrected chi connectivity index (χ0v) is 44.4. The Kier molecular flexibility index (Phi) is 18.8. The summed E-state index contributed by atoms with van der Waals surface area (Å²) in [5.41, 5.74) is 7.98. The summed E-state index contributed by atoms with van der Waals surface area (Å²) in [6.45, 7) is 3.84. The van der Waals surface area contributed by atoms with Crippen molar-refractivity contribution in [1.29, 1.82) is 0 Å². The number of carbonyl (C=O) groups excluding carboxylic acids is 8. The summed E-state index contributed by atoms with van der Waals surface area (Å²) < 4.78 is 4.77. The van der Waals surface area contributed by atoms with Gasteiger partial charge in [-0.3, -0.25) is 48.5 Å². The zero-order valence-electron chi connectivity index (χ0n) is 44.4. The number of likely N-dealkylation sites (tertiary alicyclic amines) is 2. The van der Waals surface area contributed by atoms with Crippen molar-refractivity contribution in [1.82, 2.24) is 51.7 Å². The minimum Gasteiger partial charge on any atom is -0.383 e. The summed E-state index contributed by atoms with van der Waals surface area (Å²) in [5, 5.41) is 36.8. The number of aromatic amines is 1. The molecular weight excluding hydrogens is 1030 g/mol. The van der Waals surface area contributed by atoms with Crippen molar-refractivity contribution in [3.05, 3.63) is 130 Å². The van der Waals surface area contributed by atoms with Crippen LogP contribution in [0.1, 0.15) is 86.7 Å². The standard InChI is InChI=1S/C56H65N13O11/c1-3-4-20-40(49(57)70)61-54(75)45-22-13-28-67(45)56(77)46-23-14-29-68(46)55(76)43(30-34-15-7-5-8-16-34)64-53(74)42(31-36-32-59-38-21-12-11-19-37(36)38)63-50(71)33(2)60-52(73)41(62-51(72)35-17-9-6-10-18-35)26-27-58-39-24-25-44(69(78)79)48-47(39)65-80-66-48/h5-12,15-19,21,24-25,32-33,40-43,45-46,58-59H,3-4,13-14,20,22-23,26-31H2,1-2H3,(H2,57,70)(H,60,73)(H,61,75)(H,62,72)(H,63,71)(H,64,74)/t33-,40-,41?,42+,43-,45-,46+/m0/s1. The molecular formula is C56H65N13O11. The van der Waals surface area contributed by atoms with Gasteiger partial charge in [0.15, 0.2) is 5.52 Å². The lowest BCUT2D eigenvalue weighted by atomic mass is 10.0. The Hall–Kier alpha value is -9.22. The van der Waals surface area contributed by atoms with Gasteiger partial charge in [-0.1, -0.05) is 86.5 Å². The Morgan fingerprint density at radius 3 is 2.11 bits per heavy atom. The maximum atomic E-state index is 15.0. The Morgan fingerprint density at radius 1 is 0.725 bits per heavy atom. The molecule has 9 N–H and O–H groups in total. The highest BCUT2D eigenvalue weighted by atomic mass is 16.6. The molecule has 420 valence electrons. The molecule has 6 aromatic rings. The third-order valence-corrected chi connectivity index (χ3v) is 14.5. The lowest BCUT2D eigenvalue weighted by Crippen LogP contribution is -2.60. The minimum absolute atomic E-state index is 0.0134. The van der Waals surface area contributed by atoms with Crippen LogP contribution in [0.15, 0.2) is 108 Å². The molecule has 1 unspecified atom stereocenters. The van der Waals surface area contributed by atoms with Crippen LogP contribution in [-0.2, 0) is 46.4 Å². The van der Waals surface area contributed by atoms with Crippen molar-refractivity contribution in [2.24, 2.45) is 5.73 Å². The average Bonchev–Trinajstić information content (AvgIpc) is 4.36. The summed E-state index contributed by atoms with van der Waals surface area (Å²) in [6, 6.07) is 19.3. The predicted octanol–water partition coefficient (Wildman–Crippen LogP) is 3.31. The maximum Gasteiger partial charge on any atom is 0.300 e. The first-order valence-electron chi connectivity index (χ1n) is 26.8. The van der Waals surface area contributed by atoms with E-state index in [4.69, 9.17) is 10.4 Å². The number of nitro benzene ring substituents is 1. The summed E-state index contributed by atoms with van der Waals surface area (Å²) in [7, 11) is 0. The van der Waals surface area contributed by atoms with Crippen molar-refractivity contribution in [3.8, 4) is 0 Å². The Balaban J connectivity index is 1.00. The van der Waals surface area contributed by atoms with E-state index in [-0.39, 0.29) is 61.2 Å². The number of para-hydroxylation sites is 1. The number of nitrogens with two attached hydrogens (primary N) is 1. The topological polar surface area (TPSA) is 339 Å². The van der Waals surface area contributed by atoms with Crippen LogP contribution in [0.2, 0.25) is 0 Å². The Morgan fingerprint density at radius 2 is 1.39 bits per heavy atom. The molecule has 2 aliphatic heterocycles. The van der Waals surface area contributed by atoms with E-state index in [0.717, 1.165) is 17.3 Å². The number of H-pyrrole nitrogens is 1. The lowest BCUT2D eigenvalue weighted by molar-refractivity contribution is -0.383. The monoisotopic (exact) mass is 1100 g/mol. The number of hydrogen-bond donors (Lipinski definition) is 8. The summed E-state index contributed by atoms with van der Waals surface area (Å²) in [4.78, 5) is 129. The van der Waals surface area contributed by atoms with Crippen molar-refractivity contribution in [3.63, 3.8) is 0 Å². The van der Waals surface area contributed by atoms with E-state index >= 15 is 0 Å². The fraction of sp³-hybridized carbons (Fsp3) is 0.393. The molecule has 24 nitrogen and oxygen atoms in total. The molecule has 2 aliphatic rings. The first kappa shape index (κ1) is 57.0. The normalized spacial score (nSPS) is 16.9. The highest BCUT2D eigenvalue weighted by Crippen LogP contribution is 2.30. The second kappa shape index (κ2) is 26.4. The third-order valence-electron chi connectivity index (χ3n) is 14.5. The molecule has 0 spiro atoms. The van der Waals surface area contributed by atoms with Crippen LogP contribution in [0.25, 0.3) is 21.9 Å². The van der Waals surface area contributed by atoms with Crippen LogP contribution in [-0.4, -0.2) is 139 Å². The number of hydrogen-bond acceptors (Lipinski definition) is 14. The van der Waals surface area contributed by atoms with Crippen LogP contribution >= 0.6 is 0 Å². The van der Waals surface area contributed by atoms with E-state index in [1.54, 1.807) is 60.8 Å². The largest absolute Gasteiger partial charge is 0.383 e. The molecule has 80 heavy (non-hydrogen) atoms. The van der Waals surface area contributed by atoms with Gasteiger partial charge in [0.1, 0.15) is 42.3 Å². The van der Waals surface area contributed by atoms with Crippen LogP contribution in [0.3, 0.4) is 0 Å². The van der Waals surface area contributed by atoms with Crippen molar-refractivity contribution in [2.75, 3.05) is 25.0 Å². The number of nitrogens with zero attached hydrogens (tertiary/aromatic N) is 5. The highest BCUT2D eigenvalue weighted by Gasteiger charge is 2.44. The SMILES string of the molecule is CCCC[C@H](NC(=O)[C@@H]1CCCN1C(=O)[C@H]1CCCN1C(=O)[C@H](Cc1ccccc1)NC(=O)[C@@H](Cc1c[nH]c2ccccc12)NC(=O)[C@H](C)NC(=O)C(CCNc1ccc([N+](=O)[O-])c2nonc12)NC(=O)c1ccccc1)C(N)=O. The molecule has 2 saturated heterocycles. The maximum absolute atomic E-state index is 15.0. The number of unbranched alkanes of at least 4 members (excludes halogenated alkanes) is 1. The van der Waals surface area contributed by atoms with Gasteiger partial charge in [-0.15, -0.1) is 0 Å².